The molecule has 1 aliphatic carbocycles. The molecule has 0 unspecified atom stereocenters. The van der Waals surface area contributed by atoms with Gasteiger partial charge in [-0.1, -0.05) is 23.8 Å². The summed E-state index contributed by atoms with van der Waals surface area (Å²) in [6.07, 6.45) is 1.60. The Bertz CT molecular complexity index is 943. The molecule has 0 saturated heterocycles. The second kappa shape index (κ2) is 5.81. The number of primary amides is 1. The van der Waals surface area contributed by atoms with E-state index in [1.165, 1.54) is 17.2 Å². The Balaban J connectivity index is 1.97. The van der Waals surface area contributed by atoms with Crippen molar-refractivity contribution in [1.29, 1.82) is 0 Å². The fourth-order valence-electron chi connectivity index (χ4n) is 4.03. The molecule has 1 amide bonds. The van der Waals surface area contributed by atoms with Gasteiger partial charge in [-0.05, 0) is 72.7 Å². The number of benzene rings is 2. The van der Waals surface area contributed by atoms with E-state index < -0.39 is 5.91 Å². The van der Waals surface area contributed by atoms with Gasteiger partial charge in [0.05, 0.1) is 0 Å². The second-order valence-electron chi connectivity index (χ2n) is 6.99. The highest BCUT2D eigenvalue weighted by Gasteiger charge is 2.28. The monoisotopic (exact) mass is 336 g/mol. The number of rotatable bonds is 2. The van der Waals surface area contributed by atoms with E-state index in [9.17, 15) is 4.79 Å². The van der Waals surface area contributed by atoms with Crippen LogP contribution in [0.1, 0.15) is 46.5 Å². The fraction of sp³-hybridized carbons (Fsp3) is 0.286. The van der Waals surface area contributed by atoms with Crippen LogP contribution in [-0.2, 0) is 19.4 Å². The van der Waals surface area contributed by atoms with Crippen LogP contribution in [0.25, 0.3) is 16.7 Å². The number of hydrogen-bond acceptors (Lipinski definition) is 2. The predicted octanol–water partition coefficient (Wildman–Crippen LogP) is 3.59. The molecule has 0 spiro atoms. The highest BCUT2D eigenvalue weighted by atomic mass is 19.1. The molecule has 4 heteroatoms. The minimum atomic E-state index is -0.569. The first-order chi connectivity index (χ1) is 12.0. The topological polar surface area (TPSA) is 55.1 Å². The van der Waals surface area contributed by atoms with Gasteiger partial charge in [-0.2, -0.15) is 0 Å². The zero-order chi connectivity index (χ0) is 17.7. The van der Waals surface area contributed by atoms with Gasteiger partial charge in [-0.3, -0.25) is 4.79 Å². The third kappa shape index (κ3) is 2.48. The Morgan fingerprint density at radius 2 is 1.96 bits per heavy atom. The van der Waals surface area contributed by atoms with Crippen molar-refractivity contribution in [3.05, 3.63) is 63.5 Å². The van der Waals surface area contributed by atoms with Crippen LogP contribution in [0.4, 0.5) is 4.39 Å². The molecule has 128 valence electrons. The Hall–Kier alpha value is -2.46. The lowest BCUT2D eigenvalue weighted by molar-refractivity contribution is 0.0999. The summed E-state index contributed by atoms with van der Waals surface area (Å²) in [6, 6.07) is 7.46. The standard InChI is InChI=1S/C21H21FN2O/c1-11-7-16-17(21(23)25)9-18(22)20(19(16)12(11)2)14-3-4-15-10-24-6-5-13(15)8-14/h3-4,8-9,24H,5-7,10H2,1-2H3,(H2,23,25). The van der Waals surface area contributed by atoms with Gasteiger partial charge in [0.2, 0.25) is 5.91 Å². The lowest BCUT2D eigenvalue weighted by atomic mass is 9.88. The van der Waals surface area contributed by atoms with E-state index in [0.29, 0.717) is 17.5 Å². The third-order valence-electron chi connectivity index (χ3n) is 5.49. The van der Waals surface area contributed by atoms with Crippen molar-refractivity contribution in [3.63, 3.8) is 0 Å². The smallest absolute Gasteiger partial charge is 0.249 e. The first-order valence-corrected chi connectivity index (χ1v) is 8.62. The molecular weight excluding hydrogens is 315 g/mol. The number of halogens is 1. The lowest BCUT2D eigenvalue weighted by Crippen LogP contribution is -2.23. The average molecular weight is 336 g/mol. The van der Waals surface area contributed by atoms with Crippen molar-refractivity contribution in [2.24, 2.45) is 5.73 Å². The first-order valence-electron chi connectivity index (χ1n) is 8.62. The van der Waals surface area contributed by atoms with E-state index in [4.69, 9.17) is 5.73 Å². The van der Waals surface area contributed by atoms with Gasteiger partial charge in [0.15, 0.2) is 0 Å². The van der Waals surface area contributed by atoms with Crippen LogP contribution in [0.3, 0.4) is 0 Å². The maximum Gasteiger partial charge on any atom is 0.249 e. The van der Waals surface area contributed by atoms with E-state index in [-0.39, 0.29) is 5.82 Å². The number of nitrogens with two attached hydrogens (primary N) is 1. The maximum absolute atomic E-state index is 15.0. The van der Waals surface area contributed by atoms with Crippen molar-refractivity contribution >= 4 is 11.5 Å². The van der Waals surface area contributed by atoms with Gasteiger partial charge in [0.1, 0.15) is 5.82 Å². The van der Waals surface area contributed by atoms with Gasteiger partial charge in [0.25, 0.3) is 0 Å². The maximum atomic E-state index is 15.0. The number of fused-ring (bicyclic) bond motifs is 2. The van der Waals surface area contributed by atoms with Crippen LogP contribution in [-0.4, -0.2) is 12.5 Å². The summed E-state index contributed by atoms with van der Waals surface area (Å²) >= 11 is 0. The molecule has 0 atom stereocenters. The molecule has 0 fully saturated rings. The van der Waals surface area contributed by atoms with Gasteiger partial charge >= 0.3 is 0 Å². The SMILES string of the molecule is CC1=C(C)c2c(c(C(N)=O)cc(F)c2-c2ccc3c(c2)CCNC3)C1. The molecule has 2 aromatic carbocycles. The Labute approximate surface area is 146 Å². The zero-order valence-corrected chi connectivity index (χ0v) is 14.5. The normalized spacial score (nSPS) is 16.0. The number of nitrogens with one attached hydrogen (secondary N) is 1. The van der Waals surface area contributed by atoms with E-state index in [0.717, 1.165) is 47.3 Å². The summed E-state index contributed by atoms with van der Waals surface area (Å²) in [5.41, 5.74) is 13.7. The Morgan fingerprint density at radius 1 is 1.16 bits per heavy atom. The predicted molar refractivity (Wildman–Crippen MR) is 97.7 cm³/mol. The molecule has 4 rings (SSSR count). The number of hydrogen-bond donors (Lipinski definition) is 2. The number of allylic oxidation sites excluding steroid dienone is 2. The highest BCUT2D eigenvalue weighted by molar-refractivity contribution is 6.00. The van der Waals surface area contributed by atoms with Gasteiger partial charge in [0, 0.05) is 17.7 Å². The highest BCUT2D eigenvalue weighted by Crippen LogP contribution is 2.43. The van der Waals surface area contributed by atoms with E-state index in [2.05, 4.69) is 17.4 Å². The van der Waals surface area contributed by atoms with Crippen LogP contribution < -0.4 is 11.1 Å². The summed E-state index contributed by atoms with van der Waals surface area (Å²) in [6.45, 7) is 5.82. The van der Waals surface area contributed by atoms with Crippen LogP contribution in [0.5, 0.6) is 0 Å². The molecule has 0 aromatic heterocycles. The molecule has 3 N–H and O–H groups in total. The first kappa shape index (κ1) is 16.0. The molecule has 0 bridgehead atoms. The summed E-state index contributed by atoms with van der Waals surface area (Å²) in [4.78, 5) is 11.8. The number of amides is 1. The lowest BCUT2D eigenvalue weighted by Gasteiger charge is -2.20. The Kier molecular flexibility index (Phi) is 3.73. The van der Waals surface area contributed by atoms with Crippen LogP contribution in [0.15, 0.2) is 29.8 Å². The molecule has 25 heavy (non-hydrogen) atoms. The molecule has 2 aliphatic rings. The van der Waals surface area contributed by atoms with E-state index in [1.807, 2.05) is 19.9 Å². The van der Waals surface area contributed by atoms with Crippen molar-refractivity contribution in [3.8, 4) is 11.1 Å². The molecule has 1 aliphatic heterocycles. The number of carbonyl (C=O) groups is 1. The molecular formula is C21H21FN2O. The minimum Gasteiger partial charge on any atom is -0.366 e. The largest absolute Gasteiger partial charge is 0.366 e. The van der Waals surface area contributed by atoms with Crippen molar-refractivity contribution in [1.82, 2.24) is 5.32 Å². The van der Waals surface area contributed by atoms with Gasteiger partial charge < -0.3 is 11.1 Å². The van der Waals surface area contributed by atoms with Crippen LogP contribution in [0, 0.1) is 5.82 Å². The fourth-order valence-corrected chi connectivity index (χ4v) is 4.03. The van der Waals surface area contributed by atoms with E-state index in [1.54, 1.807) is 0 Å². The van der Waals surface area contributed by atoms with Crippen molar-refractivity contribution in [2.45, 2.75) is 33.2 Å². The van der Waals surface area contributed by atoms with Crippen LogP contribution in [0.2, 0.25) is 0 Å². The number of carbonyl (C=O) groups excluding carboxylic acids is 1. The molecule has 3 nitrogen and oxygen atoms in total. The Morgan fingerprint density at radius 3 is 2.72 bits per heavy atom. The van der Waals surface area contributed by atoms with Crippen molar-refractivity contribution < 1.29 is 9.18 Å². The second-order valence-corrected chi connectivity index (χ2v) is 6.99. The van der Waals surface area contributed by atoms with Gasteiger partial charge in [-0.15, -0.1) is 0 Å². The third-order valence-corrected chi connectivity index (χ3v) is 5.49. The minimum absolute atomic E-state index is 0.301. The summed E-state index contributed by atoms with van der Waals surface area (Å²) in [7, 11) is 0. The quantitative estimate of drug-likeness (QED) is 0.880. The molecule has 0 radical (unpaired) electrons. The zero-order valence-electron chi connectivity index (χ0n) is 14.5. The van der Waals surface area contributed by atoms with Crippen LogP contribution >= 0.6 is 0 Å². The molecule has 2 aromatic rings. The summed E-state index contributed by atoms with van der Waals surface area (Å²) in [5, 5.41) is 3.35. The van der Waals surface area contributed by atoms with Gasteiger partial charge in [-0.25, -0.2) is 4.39 Å². The van der Waals surface area contributed by atoms with E-state index >= 15 is 4.39 Å². The molecule has 1 heterocycles. The summed E-state index contributed by atoms with van der Waals surface area (Å²) in [5.74, 6) is -0.948. The average Bonchev–Trinajstić information content (AvgIpc) is 2.89. The molecule has 0 saturated carbocycles. The summed E-state index contributed by atoms with van der Waals surface area (Å²) < 4.78 is 15.0. The van der Waals surface area contributed by atoms with Crippen molar-refractivity contribution in [2.75, 3.05) is 6.54 Å².